The van der Waals surface area contributed by atoms with Crippen molar-refractivity contribution in [1.82, 2.24) is 9.80 Å². The van der Waals surface area contributed by atoms with Crippen LogP contribution in [0, 0.1) is 12.8 Å². The van der Waals surface area contributed by atoms with E-state index in [1.807, 2.05) is 12.1 Å². The molecule has 2 aliphatic rings. The lowest BCUT2D eigenvalue weighted by Gasteiger charge is -2.35. The number of carbonyl (C=O) groups excluding carboxylic acids is 1. The molecule has 2 fully saturated rings. The predicted octanol–water partition coefficient (Wildman–Crippen LogP) is 3.81. The van der Waals surface area contributed by atoms with E-state index in [2.05, 4.69) is 34.2 Å². The molecule has 25 heavy (non-hydrogen) atoms. The van der Waals surface area contributed by atoms with E-state index in [1.54, 1.807) is 0 Å². The maximum absolute atomic E-state index is 12.8. The number of para-hydroxylation sites is 1. The average molecular weight is 360 g/mol. The molecule has 1 aromatic carbocycles. The largest absolute Gasteiger partial charge is 0.349 e. The lowest BCUT2D eigenvalue weighted by atomic mass is 9.95. The summed E-state index contributed by atoms with van der Waals surface area (Å²) in [7, 11) is 0. The monoisotopic (exact) mass is 359 g/mol. The Bertz CT molecular complexity index is 603. The van der Waals surface area contributed by atoms with Gasteiger partial charge in [-0.2, -0.15) is 0 Å². The number of hydrogen-bond acceptors (Lipinski definition) is 2. The van der Waals surface area contributed by atoms with E-state index in [0.29, 0.717) is 5.91 Å². The van der Waals surface area contributed by atoms with Crippen molar-refractivity contribution in [1.29, 1.82) is 0 Å². The highest BCUT2D eigenvalue weighted by atomic mass is 32.1. The highest BCUT2D eigenvalue weighted by molar-refractivity contribution is 7.80. The van der Waals surface area contributed by atoms with Gasteiger partial charge in [0.25, 0.3) is 0 Å². The first-order valence-electron chi connectivity index (χ1n) is 9.55. The van der Waals surface area contributed by atoms with E-state index in [1.165, 1.54) is 18.4 Å². The molecule has 0 aromatic heterocycles. The van der Waals surface area contributed by atoms with Crippen LogP contribution in [-0.4, -0.2) is 47.0 Å². The molecule has 0 unspecified atom stereocenters. The number of piperidine rings is 1. The molecule has 0 spiro atoms. The van der Waals surface area contributed by atoms with Crippen LogP contribution < -0.4 is 5.32 Å². The number of benzene rings is 1. The molecule has 3 rings (SSSR count). The number of anilines is 1. The van der Waals surface area contributed by atoms with Crippen LogP contribution in [0.5, 0.6) is 0 Å². The van der Waals surface area contributed by atoms with Gasteiger partial charge in [0.15, 0.2) is 5.11 Å². The van der Waals surface area contributed by atoms with Crippen molar-refractivity contribution in [2.24, 2.45) is 5.92 Å². The number of carbonyl (C=O) groups is 1. The quantitative estimate of drug-likeness (QED) is 0.815. The van der Waals surface area contributed by atoms with Gasteiger partial charge in [0.1, 0.15) is 0 Å². The molecule has 0 bridgehead atoms. The first kappa shape index (κ1) is 18.2. The van der Waals surface area contributed by atoms with E-state index < -0.39 is 0 Å². The van der Waals surface area contributed by atoms with Crippen molar-refractivity contribution >= 4 is 28.9 Å². The molecule has 0 radical (unpaired) electrons. The molecule has 1 amide bonds. The number of thiocarbonyl (C=S) groups is 1. The zero-order valence-corrected chi connectivity index (χ0v) is 16.0. The van der Waals surface area contributed by atoms with Gasteiger partial charge in [-0.15, -0.1) is 0 Å². The maximum Gasteiger partial charge on any atom is 0.225 e. The summed E-state index contributed by atoms with van der Waals surface area (Å²) in [5.74, 6) is 0.551. The molecule has 0 saturated carbocycles. The molecule has 2 heterocycles. The molecule has 2 saturated heterocycles. The van der Waals surface area contributed by atoms with E-state index in [0.717, 1.165) is 62.7 Å². The van der Waals surface area contributed by atoms with E-state index in [4.69, 9.17) is 12.2 Å². The maximum atomic E-state index is 12.8. The fourth-order valence-corrected chi connectivity index (χ4v) is 4.08. The zero-order chi connectivity index (χ0) is 17.6. The second kappa shape index (κ2) is 8.65. The molecular formula is C20H29N3OS. The molecule has 0 aliphatic carbocycles. The second-order valence-electron chi connectivity index (χ2n) is 7.25. The topological polar surface area (TPSA) is 35.6 Å². The Morgan fingerprint density at radius 1 is 1.00 bits per heavy atom. The summed E-state index contributed by atoms with van der Waals surface area (Å²) in [6, 6.07) is 8.18. The number of nitrogens with one attached hydrogen (secondary N) is 1. The van der Waals surface area contributed by atoms with Crippen molar-refractivity contribution in [3.05, 3.63) is 29.8 Å². The molecule has 4 nitrogen and oxygen atoms in total. The molecule has 136 valence electrons. The van der Waals surface area contributed by atoms with Gasteiger partial charge < -0.3 is 15.1 Å². The third-order valence-corrected chi connectivity index (χ3v) is 5.80. The summed E-state index contributed by atoms with van der Waals surface area (Å²) in [5, 5.41) is 4.13. The van der Waals surface area contributed by atoms with Crippen LogP contribution in [0.4, 0.5) is 5.69 Å². The smallest absolute Gasteiger partial charge is 0.225 e. The second-order valence-corrected chi connectivity index (χ2v) is 7.63. The SMILES string of the molecule is Cc1ccccc1NC(=S)N1CCC(C(=O)N2CCCCCC2)CC1. The van der Waals surface area contributed by atoms with E-state index in [9.17, 15) is 4.79 Å². The minimum absolute atomic E-state index is 0.176. The molecular weight excluding hydrogens is 330 g/mol. The van der Waals surface area contributed by atoms with Crippen molar-refractivity contribution in [3.8, 4) is 0 Å². The fourth-order valence-electron chi connectivity index (χ4n) is 3.79. The molecule has 0 atom stereocenters. The number of nitrogens with zero attached hydrogens (tertiary/aromatic N) is 2. The first-order chi connectivity index (χ1) is 12.1. The van der Waals surface area contributed by atoms with Crippen molar-refractivity contribution < 1.29 is 4.79 Å². The molecule has 2 aliphatic heterocycles. The number of amides is 1. The average Bonchev–Trinajstić information content (AvgIpc) is 2.92. The predicted molar refractivity (Wildman–Crippen MR) is 107 cm³/mol. The zero-order valence-electron chi connectivity index (χ0n) is 15.2. The lowest BCUT2D eigenvalue weighted by molar-refractivity contribution is -0.136. The van der Waals surface area contributed by atoms with Crippen LogP contribution in [0.25, 0.3) is 0 Å². The van der Waals surface area contributed by atoms with Crippen LogP contribution in [0.2, 0.25) is 0 Å². The summed E-state index contributed by atoms with van der Waals surface area (Å²) in [5.41, 5.74) is 2.26. The third kappa shape index (κ3) is 4.72. The number of aryl methyl sites for hydroxylation is 1. The van der Waals surface area contributed by atoms with Gasteiger partial charge in [0, 0.05) is 37.8 Å². The molecule has 1 aromatic rings. The molecule has 5 heteroatoms. The van der Waals surface area contributed by atoms with Crippen molar-refractivity contribution in [3.63, 3.8) is 0 Å². The Morgan fingerprint density at radius 3 is 2.28 bits per heavy atom. The number of likely N-dealkylation sites (tertiary alicyclic amines) is 2. The summed E-state index contributed by atoms with van der Waals surface area (Å²) >= 11 is 5.58. The summed E-state index contributed by atoms with van der Waals surface area (Å²) in [6.07, 6.45) is 6.67. The van der Waals surface area contributed by atoms with Crippen LogP contribution in [0.3, 0.4) is 0 Å². The summed E-state index contributed by atoms with van der Waals surface area (Å²) in [4.78, 5) is 17.1. The standard InChI is InChI=1S/C20H29N3OS/c1-16-8-4-5-9-18(16)21-20(25)23-14-10-17(11-15-23)19(24)22-12-6-2-3-7-13-22/h4-5,8-9,17H,2-3,6-7,10-15H2,1H3,(H,21,25). The Kier molecular flexibility index (Phi) is 6.29. The highest BCUT2D eigenvalue weighted by Gasteiger charge is 2.29. The van der Waals surface area contributed by atoms with Gasteiger partial charge >= 0.3 is 0 Å². The van der Waals surface area contributed by atoms with E-state index in [-0.39, 0.29) is 5.92 Å². The summed E-state index contributed by atoms with van der Waals surface area (Å²) in [6.45, 7) is 5.71. The van der Waals surface area contributed by atoms with Crippen molar-refractivity contribution in [2.45, 2.75) is 45.4 Å². The first-order valence-corrected chi connectivity index (χ1v) is 9.96. The van der Waals surface area contributed by atoms with Gasteiger partial charge in [0.05, 0.1) is 0 Å². The van der Waals surface area contributed by atoms with E-state index >= 15 is 0 Å². The van der Waals surface area contributed by atoms with Crippen LogP contribution >= 0.6 is 12.2 Å². The Hall–Kier alpha value is -1.62. The van der Waals surface area contributed by atoms with Crippen molar-refractivity contribution in [2.75, 3.05) is 31.5 Å². The van der Waals surface area contributed by atoms with Gasteiger partial charge in [-0.05, 0) is 56.5 Å². The Morgan fingerprint density at radius 2 is 1.64 bits per heavy atom. The van der Waals surface area contributed by atoms with Gasteiger partial charge in [-0.25, -0.2) is 0 Å². The number of rotatable bonds is 2. The fraction of sp³-hybridized carbons (Fsp3) is 0.600. The highest BCUT2D eigenvalue weighted by Crippen LogP contribution is 2.23. The van der Waals surface area contributed by atoms with Gasteiger partial charge in [-0.3, -0.25) is 4.79 Å². The minimum atomic E-state index is 0.176. The number of hydrogen-bond donors (Lipinski definition) is 1. The summed E-state index contributed by atoms with van der Waals surface area (Å²) < 4.78 is 0. The normalized spacial score (nSPS) is 19.4. The van der Waals surface area contributed by atoms with Crippen LogP contribution in [0.15, 0.2) is 24.3 Å². The minimum Gasteiger partial charge on any atom is -0.349 e. The third-order valence-electron chi connectivity index (χ3n) is 5.44. The Labute approximate surface area is 156 Å². The van der Waals surface area contributed by atoms with Crippen LogP contribution in [-0.2, 0) is 4.79 Å². The van der Waals surface area contributed by atoms with Crippen LogP contribution in [0.1, 0.15) is 44.1 Å². The lowest BCUT2D eigenvalue weighted by Crippen LogP contribution is -2.45. The van der Waals surface area contributed by atoms with Gasteiger partial charge in [0.2, 0.25) is 5.91 Å². The van der Waals surface area contributed by atoms with Gasteiger partial charge in [-0.1, -0.05) is 31.0 Å². The Balaban J connectivity index is 1.50. The molecule has 1 N–H and O–H groups in total.